The standard InChI is InChI=1S/C24H21BrCl2N2O8/c1-36-15-7-10(30)3-4-12(15)17-11-5-6-13-16(19(32)29(18(13)31)22(35)37-2)14(11)8-23(26)20(33)28(9-25)21(34)24(17,23)27/h3-5,7,13-14,16-17,30H,6,8-9H2,1-2H3/t13-,14+,16-,17+,23+,24-/m0/s1. The minimum atomic E-state index is -2.01. The Labute approximate surface area is 229 Å². The summed E-state index contributed by atoms with van der Waals surface area (Å²) >= 11 is 17.4. The van der Waals surface area contributed by atoms with Gasteiger partial charge in [0.15, 0.2) is 9.75 Å². The van der Waals surface area contributed by atoms with Crippen molar-refractivity contribution in [3.63, 3.8) is 0 Å². The molecule has 0 aromatic heterocycles. The van der Waals surface area contributed by atoms with Crippen LogP contribution in [0.2, 0.25) is 0 Å². The molecule has 37 heavy (non-hydrogen) atoms. The maximum Gasteiger partial charge on any atom is 0.423 e. The van der Waals surface area contributed by atoms with Crippen molar-refractivity contribution < 1.29 is 38.6 Å². The second-order valence-electron chi connectivity index (χ2n) is 9.39. The van der Waals surface area contributed by atoms with E-state index in [-0.39, 0.29) is 29.8 Å². The average molecular weight is 616 g/mol. The number of rotatable bonds is 3. The summed E-state index contributed by atoms with van der Waals surface area (Å²) in [4.78, 5) is 63.4. The van der Waals surface area contributed by atoms with Crippen molar-refractivity contribution in [2.24, 2.45) is 17.8 Å². The minimum Gasteiger partial charge on any atom is -0.508 e. The third-order valence-electron chi connectivity index (χ3n) is 7.90. The molecule has 1 saturated carbocycles. The normalized spacial score (nSPS) is 34.7. The predicted octanol–water partition coefficient (Wildman–Crippen LogP) is 2.88. The van der Waals surface area contributed by atoms with Gasteiger partial charge in [-0.15, -0.1) is 23.2 Å². The molecule has 4 aliphatic rings. The van der Waals surface area contributed by atoms with Gasteiger partial charge in [0.05, 0.1) is 31.5 Å². The van der Waals surface area contributed by atoms with Gasteiger partial charge >= 0.3 is 6.09 Å². The summed E-state index contributed by atoms with van der Waals surface area (Å²) in [6.07, 6.45) is 0.509. The minimum absolute atomic E-state index is 0.0953. The summed E-state index contributed by atoms with van der Waals surface area (Å²) in [5.74, 6) is -6.58. The Kier molecular flexibility index (Phi) is 6.12. The highest BCUT2D eigenvalue weighted by atomic mass is 79.9. The molecule has 2 aliphatic heterocycles. The molecule has 13 heteroatoms. The molecule has 1 aromatic carbocycles. The van der Waals surface area contributed by atoms with Crippen LogP contribution in [0, 0.1) is 17.8 Å². The summed E-state index contributed by atoms with van der Waals surface area (Å²) < 4.78 is 10.1. The lowest BCUT2D eigenvalue weighted by atomic mass is 9.56. The third kappa shape index (κ3) is 3.20. The molecule has 0 radical (unpaired) electrons. The lowest BCUT2D eigenvalue weighted by Gasteiger charge is -2.50. The molecule has 10 nitrogen and oxygen atoms in total. The van der Waals surface area contributed by atoms with Gasteiger partial charge in [0.25, 0.3) is 11.8 Å². The Bertz CT molecular complexity index is 1300. The van der Waals surface area contributed by atoms with E-state index < -0.39 is 63.1 Å². The number of imide groups is 4. The fraction of sp³-hybridized carbons (Fsp3) is 0.458. The Hall–Kier alpha value is -2.63. The van der Waals surface area contributed by atoms with Crippen molar-refractivity contribution in [1.29, 1.82) is 0 Å². The van der Waals surface area contributed by atoms with Crippen molar-refractivity contribution in [2.45, 2.75) is 28.5 Å². The zero-order chi connectivity index (χ0) is 27.0. The largest absolute Gasteiger partial charge is 0.508 e. The average Bonchev–Trinajstić information content (AvgIpc) is 3.21. The van der Waals surface area contributed by atoms with Crippen molar-refractivity contribution in [2.75, 3.05) is 19.7 Å². The van der Waals surface area contributed by atoms with Gasteiger partial charge in [-0.3, -0.25) is 24.1 Å². The molecular weight excluding hydrogens is 595 g/mol. The van der Waals surface area contributed by atoms with Crippen LogP contribution in [0.4, 0.5) is 4.79 Å². The lowest BCUT2D eigenvalue weighted by Crippen LogP contribution is -2.60. The molecule has 1 aromatic rings. The number of hydrogen-bond acceptors (Lipinski definition) is 8. The fourth-order valence-electron chi connectivity index (χ4n) is 6.31. The number of phenols is 1. The summed E-state index contributed by atoms with van der Waals surface area (Å²) in [6.45, 7) is 0. The second kappa shape index (κ2) is 8.71. The number of benzene rings is 1. The molecule has 0 spiro atoms. The number of ether oxygens (including phenoxy) is 2. The van der Waals surface area contributed by atoms with Gasteiger partial charge in [-0.1, -0.05) is 33.6 Å². The maximum atomic E-state index is 13.7. The number of nitrogens with zero attached hydrogens (tertiary/aromatic N) is 2. The number of amides is 5. The first-order valence-corrected chi connectivity index (χ1v) is 13.2. The number of likely N-dealkylation sites (tertiary alicyclic amines) is 2. The van der Waals surface area contributed by atoms with Gasteiger partial charge in [-0.05, 0) is 24.8 Å². The van der Waals surface area contributed by atoms with Crippen LogP contribution in [-0.2, 0) is 23.9 Å². The summed E-state index contributed by atoms with van der Waals surface area (Å²) in [7, 11) is 2.44. The molecule has 1 N–H and O–H groups in total. The molecule has 2 heterocycles. The third-order valence-corrected chi connectivity index (χ3v) is 9.81. The van der Waals surface area contributed by atoms with Gasteiger partial charge in [0.2, 0.25) is 11.8 Å². The van der Waals surface area contributed by atoms with Crippen LogP contribution in [0.1, 0.15) is 24.3 Å². The van der Waals surface area contributed by atoms with Crippen molar-refractivity contribution >= 4 is 68.9 Å². The smallest absolute Gasteiger partial charge is 0.423 e. The van der Waals surface area contributed by atoms with E-state index in [4.69, 9.17) is 27.9 Å². The highest BCUT2D eigenvalue weighted by Crippen LogP contribution is 2.66. The molecule has 0 unspecified atom stereocenters. The summed E-state index contributed by atoms with van der Waals surface area (Å²) in [6, 6.07) is 4.25. The number of phenolic OH excluding ortho intramolecular Hbond substituents is 1. The number of halogens is 3. The molecule has 3 fully saturated rings. The first-order valence-electron chi connectivity index (χ1n) is 11.3. The van der Waals surface area contributed by atoms with E-state index in [0.29, 0.717) is 16.0 Å². The zero-order valence-corrected chi connectivity index (χ0v) is 22.7. The number of carbonyl (C=O) groups is 5. The molecular formula is C24H21BrCl2N2O8. The first kappa shape index (κ1) is 26.0. The summed E-state index contributed by atoms with van der Waals surface area (Å²) in [5, 5.41) is 10.0. The number of alkyl halides is 3. The Balaban J connectivity index is 1.74. The van der Waals surface area contributed by atoms with E-state index >= 15 is 0 Å². The van der Waals surface area contributed by atoms with Crippen LogP contribution >= 0.6 is 39.1 Å². The van der Waals surface area contributed by atoms with E-state index in [2.05, 4.69) is 20.7 Å². The molecule has 0 bridgehead atoms. The molecule has 6 atom stereocenters. The molecule has 2 aliphatic carbocycles. The molecule has 5 amide bonds. The van der Waals surface area contributed by atoms with Gasteiger partial charge < -0.3 is 14.6 Å². The first-order chi connectivity index (χ1) is 17.5. The van der Waals surface area contributed by atoms with Crippen molar-refractivity contribution in [1.82, 2.24) is 9.80 Å². The van der Waals surface area contributed by atoms with E-state index in [1.807, 2.05) is 0 Å². The molecule has 5 rings (SSSR count). The van der Waals surface area contributed by atoms with Crippen LogP contribution in [0.3, 0.4) is 0 Å². The van der Waals surface area contributed by atoms with Gasteiger partial charge in [0.1, 0.15) is 11.5 Å². The lowest BCUT2D eigenvalue weighted by molar-refractivity contribution is -0.140. The predicted molar refractivity (Wildman–Crippen MR) is 132 cm³/mol. The number of methoxy groups -OCH3 is 2. The molecule has 2 saturated heterocycles. The van der Waals surface area contributed by atoms with Gasteiger partial charge in [-0.25, -0.2) is 4.79 Å². The van der Waals surface area contributed by atoms with Crippen LogP contribution in [-0.4, -0.2) is 74.1 Å². The van der Waals surface area contributed by atoms with E-state index in [1.165, 1.54) is 25.3 Å². The van der Waals surface area contributed by atoms with Gasteiger partial charge in [-0.2, -0.15) is 4.90 Å². The van der Waals surface area contributed by atoms with Gasteiger partial charge in [0, 0.05) is 17.5 Å². The molecule has 196 valence electrons. The monoisotopic (exact) mass is 614 g/mol. The highest BCUT2D eigenvalue weighted by Gasteiger charge is 2.76. The van der Waals surface area contributed by atoms with E-state index in [1.54, 1.807) is 6.08 Å². The number of fused-ring (bicyclic) bond motifs is 4. The maximum absolute atomic E-state index is 13.7. The van der Waals surface area contributed by atoms with Crippen LogP contribution in [0.5, 0.6) is 11.5 Å². The highest BCUT2D eigenvalue weighted by molar-refractivity contribution is 9.09. The number of carbonyl (C=O) groups excluding carboxylic acids is 5. The van der Waals surface area contributed by atoms with Crippen molar-refractivity contribution in [3.05, 3.63) is 35.4 Å². The number of allylic oxidation sites excluding steroid dienone is 2. The Morgan fingerprint density at radius 1 is 1.14 bits per heavy atom. The SMILES string of the molecule is COC(=O)N1C(=O)[C@H]2[C@H](CC=C3[C@H]2C[C@@]2(Cl)C(=O)N(CBr)C(=O)[C@@]2(Cl)[C@H]3c2ccc(O)cc2OC)C1=O. The quantitative estimate of drug-likeness (QED) is 0.238. The number of aromatic hydroxyl groups is 1. The Morgan fingerprint density at radius 2 is 1.84 bits per heavy atom. The zero-order valence-electron chi connectivity index (χ0n) is 19.6. The summed E-state index contributed by atoms with van der Waals surface area (Å²) in [5.41, 5.74) is 0.743. The van der Waals surface area contributed by atoms with Crippen LogP contribution in [0.15, 0.2) is 29.8 Å². The topological polar surface area (TPSA) is 131 Å². The van der Waals surface area contributed by atoms with E-state index in [0.717, 1.165) is 12.0 Å². The van der Waals surface area contributed by atoms with E-state index in [9.17, 15) is 29.1 Å². The second-order valence-corrected chi connectivity index (χ2v) is 11.1. The number of hydrogen-bond donors (Lipinski definition) is 1. The van der Waals surface area contributed by atoms with Crippen LogP contribution < -0.4 is 4.74 Å². The van der Waals surface area contributed by atoms with Crippen LogP contribution in [0.25, 0.3) is 0 Å². The fourth-order valence-corrected chi connectivity index (χ4v) is 7.73. The Morgan fingerprint density at radius 3 is 2.46 bits per heavy atom. The van der Waals surface area contributed by atoms with Crippen molar-refractivity contribution in [3.8, 4) is 11.5 Å².